The highest BCUT2D eigenvalue weighted by molar-refractivity contribution is 9.09. The molecule has 0 aliphatic heterocycles. The van der Waals surface area contributed by atoms with Gasteiger partial charge in [0.2, 0.25) is 0 Å². The fraction of sp³-hybridized carbons (Fsp3) is 0.600. The van der Waals surface area contributed by atoms with Crippen LogP contribution in [0.2, 0.25) is 0 Å². The summed E-state index contributed by atoms with van der Waals surface area (Å²) in [7, 11) is -0.199. The van der Waals surface area contributed by atoms with E-state index in [9.17, 15) is 8.42 Å². The molecule has 4 nitrogen and oxygen atoms in total. The predicted octanol–water partition coefficient (Wildman–Crippen LogP) is 2.09. The zero-order valence-corrected chi connectivity index (χ0v) is 13.2. The maximum Gasteiger partial charge on any atom is 0.252 e. The van der Waals surface area contributed by atoms with E-state index in [0.29, 0.717) is 17.4 Å². The first-order valence-corrected chi connectivity index (χ1v) is 8.21. The maximum atomic E-state index is 12.2. The number of thiophene rings is 1. The van der Waals surface area contributed by atoms with E-state index in [0.717, 1.165) is 4.88 Å². The number of sulfonamides is 1. The molecule has 0 N–H and O–H groups in total. The molecule has 0 aliphatic carbocycles. The van der Waals surface area contributed by atoms with E-state index in [2.05, 4.69) is 15.9 Å². The molecule has 0 aliphatic rings. The minimum atomic E-state index is -3.37. The van der Waals surface area contributed by atoms with Gasteiger partial charge >= 0.3 is 0 Å². The second-order valence-corrected chi connectivity index (χ2v) is 8.56. The Kier molecular flexibility index (Phi) is 5.59. The van der Waals surface area contributed by atoms with Crippen LogP contribution < -0.4 is 0 Å². The van der Waals surface area contributed by atoms with E-state index >= 15 is 0 Å². The van der Waals surface area contributed by atoms with E-state index in [1.165, 1.54) is 15.6 Å². The van der Waals surface area contributed by atoms with Gasteiger partial charge in [-0.3, -0.25) is 0 Å². The van der Waals surface area contributed by atoms with E-state index in [1.54, 1.807) is 20.2 Å². The first-order chi connectivity index (χ1) is 7.87. The molecule has 1 unspecified atom stereocenters. The van der Waals surface area contributed by atoms with E-state index in [4.69, 9.17) is 4.74 Å². The molecule has 0 aromatic carbocycles. The van der Waals surface area contributed by atoms with Crippen LogP contribution in [0, 0.1) is 6.92 Å². The molecule has 0 saturated heterocycles. The molecule has 1 aromatic heterocycles. The van der Waals surface area contributed by atoms with E-state index in [1.807, 2.05) is 13.0 Å². The van der Waals surface area contributed by atoms with Gasteiger partial charge in [-0.25, -0.2) is 8.42 Å². The van der Waals surface area contributed by atoms with Crippen LogP contribution in [0.4, 0.5) is 0 Å². The van der Waals surface area contributed by atoms with Crippen LogP contribution in [0.25, 0.3) is 0 Å². The van der Waals surface area contributed by atoms with Crippen LogP contribution in [-0.4, -0.2) is 44.9 Å². The third kappa shape index (κ3) is 4.03. The number of ether oxygens (including phenoxy) is 1. The van der Waals surface area contributed by atoms with Crippen molar-refractivity contribution in [2.24, 2.45) is 0 Å². The topological polar surface area (TPSA) is 46.6 Å². The van der Waals surface area contributed by atoms with E-state index < -0.39 is 10.0 Å². The Morgan fingerprint density at radius 3 is 2.65 bits per heavy atom. The molecule has 0 amide bonds. The largest absolute Gasteiger partial charge is 0.383 e. The average molecular weight is 342 g/mol. The van der Waals surface area contributed by atoms with Gasteiger partial charge < -0.3 is 4.74 Å². The zero-order chi connectivity index (χ0) is 13.1. The third-order valence-corrected chi connectivity index (χ3v) is 6.03. The van der Waals surface area contributed by atoms with Gasteiger partial charge in [-0.05, 0) is 19.1 Å². The standard InChI is InChI=1S/C10H16BrNO3S2/c1-8-4-5-10(16-8)17(13,14)12(2)6-9(11)7-15-3/h4-5,9H,6-7H2,1-3H3. The van der Waals surface area contributed by atoms with Crippen molar-refractivity contribution in [3.63, 3.8) is 0 Å². The fourth-order valence-corrected chi connectivity index (χ4v) is 4.92. The van der Waals surface area contributed by atoms with Gasteiger partial charge in [-0.2, -0.15) is 4.31 Å². The van der Waals surface area contributed by atoms with Gasteiger partial charge in [0.15, 0.2) is 0 Å². The summed E-state index contributed by atoms with van der Waals surface area (Å²) in [5, 5.41) is 0. The lowest BCUT2D eigenvalue weighted by Crippen LogP contribution is -2.33. The van der Waals surface area contributed by atoms with Crippen LogP contribution in [0.1, 0.15) is 4.88 Å². The summed E-state index contributed by atoms with van der Waals surface area (Å²) in [6.07, 6.45) is 0. The fourth-order valence-electron chi connectivity index (χ4n) is 1.31. The van der Waals surface area contributed by atoms with Gasteiger partial charge in [0.1, 0.15) is 4.21 Å². The average Bonchev–Trinajstić information content (AvgIpc) is 2.65. The highest BCUT2D eigenvalue weighted by Crippen LogP contribution is 2.24. The molecule has 7 heteroatoms. The van der Waals surface area contributed by atoms with Crippen molar-refractivity contribution in [2.45, 2.75) is 16.0 Å². The summed E-state index contributed by atoms with van der Waals surface area (Å²) in [4.78, 5) is 0.984. The van der Waals surface area contributed by atoms with Crippen LogP contribution in [0.3, 0.4) is 0 Å². The maximum absolute atomic E-state index is 12.2. The number of aryl methyl sites for hydroxylation is 1. The Balaban J connectivity index is 2.77. The molecule has 1 rings (SSSR count). The van der Waals surface area contributed by atoms with Crippen LogP contribution >= 0.6 is 27.3 Å². The van der Waals surface area contributed by atoms with Crippen LogP contribution in [-0.2, 0) is 14.8 Å². The molecule has 0 spiro atoms. The number of methoxy groups -OCH3 is 1. The Morgan fingerprint density at radius 2 is 2.18 bits per heavy atom. The first kappa shape index (κ1) is 15.1. The number of nitrogens with zero attached hydrogens (tertiary/aromatic N) is 1. The predicted molar refractivity (Wildman–Crippen MR) is 73.5 cm³/mol. The summed E-state index contributed by atoms with van der Waals surface area (Å²) >= 11 is 4.67. The Hall–Kier alpha value is 0.0500. The third-order valence-electron chi connectivity index (χ3n) is 2.18. The monoisotopic (exact) mass is 341 g/mol. The second kappa shape index (κ2) is 6.29. The van der Waals surface area contributed by atoms with Crippen LogP contribution in [0.15, 0.2) is 16.3 Å². The van der Waals surface area contributed by atoms with Crippen molar-refractivity contribution in [2.75, 3.05) is 27.3 Å². The van der Waals surface area contributed by atoms with E-state index in [-0.39, 0.29) is 4.83 Å². The highest BCUT2D eigenvalue weighted by Gasteiger charge is 2.24. The van der Waals surface area contributed by atoms with Crippen LogP contribution in [0.5, 0.6) is 0 Å². The second-order valence-electron chi connectivity index (χ2n) is 3.70. The Morgan fingerprint density at radius 1 is 1.53 bits per heavy atom. The molecule has 0 fully saturated rings. The lowest BCUT2D eigenvalue weighted by Gasteiger charge is -2.19. The lowest BCUT2D eigenvalue weighted by molar-refractivity contribution is 0.195. The normalized spacial score (nSPS) is 14.2. The smallest absolute Gasteiger partial charge is 0.252 e. The van der Waals surface area contributed by atoms with Crippen molar-refractivity contribution in [1.29, 1.82) is 0 Å². The summed E-state index contributed by atoms with van der Waals surface area (Å²) in [6, 6.07) is 3.46. The van der Waals surface area contributed by atoms with Gasteiger partial charge in [0.05, 0.1) is 11.4 Å². The van der Waals surface area contributed by atoms with Crippen molar-refractivity contribution in [3.8, 4) is 0 Å². The van der Waals surface area contributed by atoms with Gasteiger partial charge in [0, 0.05) is 25.6 Å². The molecule has 0 saturated carbocycles. The molecular formula is C10H16BrNO3S2. The summed E-state index contributed by atoms with van der Waals surface area (Å²) < 4.78 is 31.0. The first-order valence-electron chi connectivity index (χ1n) is 5.03. The van der Waals surface area contributed by atoms with Crippen molar-refractivity contribution in [1.82, 2.24) is 4.31 Å². The Bertz CT molecular complexity index is 458. The summed E-state index contributed by atoms with van der Waals surface area (Å²) in [6.45, 7) is 2.75. The number of rotatable bonds is 6. The molecule has 1 atom stereocenters. The Labute approximate surface area is 115 Å². The molecule has 0 radical (unpaired) electrons. The van der Waals surface area contributed by atoms with Gasteiger partial charge in [0.25, 0.3) is 10.0 Å². The van der Waals surface area contributed by atoms with Crippen molar-refractivity contribution in [3.05, 3.63) is 17.0 Å². The van der Waals surface area contributed by atoms with Gasteiger partial charge in [-0.15, -0.1) is 11.3 Å². The molecule has 0 bridgehead atoms. The number of alkyl halides is 1. The summed E-state index contributed by atoms with van der Waals surface area (Å²) in [5.41, 5.74) is 0. The minimum absolute atomic E-state index is 0.00617. The summed E-state index contributed by atoms with van der Waals surface area (Å²) in [5.74, 6) is 0. The number of halogens is 1. The van der Waals surface area contributed by atoms with Gasteiger partial charge in [-0.1, -0.05) is 15.9 Å². The number of hydrogen-bond donors (Lipinski definition) is 0. The molecular weight excluding hydrogens is 326 g/mol. The molecule has 1 aromatic rings. The molecule has 17 heavy (non-hydrogen) atoms. The van der Waals surface area contributed by atoms with Crippen molar-refractivity contribution < 1.29 is 13.2 Å². The zero-order valence-electron chi connectivity index (χ0n) is 10.0. The SMILES string of the molecule is COCC(Br)CN(C)S(=O)(=O)c1ccc(C)s1. The lowest BCUT2D eigenvalue weighted by atomic mass is 10.4. The molecule has 1 heterocycles. The highest BCUT2D eigenvalue weighted by atomic mass is 79.9. The molecule has 98 valence electrons. The minimum Gasteiger partial charge on any atom is -0.383 e. The quantitative estimate of drug-likeness (QED) is 0.744. The number of hydrogen-bond acceptors (Lipinski definition) is 4. The van der Waals surface area contributed by atoms with Crippen molar-refractivity contribution >= 4 is 37.3 Å².